The standard InChI is InChI=1S/C33H19N5/c34-18-21-9-11-32-28(15-21)26-5-1-3-7-30(26)37(32)24-13-23(20-36)14-25(17-24)38-31-8-4-2-6-27(31)29-16-22(19-35)10-12-33(29)38/h1-15,17,22H,16H2. The van der Waals surface area contributed by atoms with E-state index in [0.717, 1.165) is 55.3 Å². The molecule has 2 heterocycles. The molecule has 38 heavy (non-hydrogen) atoms. The van der Waals surface area contributed by atoms with Crippen molar-refractivity contribution in [2.45, 2.75) is 6.42 Å². The summed E-state index contributed by atoms with van der Waals surface area (Å²) < 4.78 is 4.36. The minimum absolute atomic E-state index is 0.154. The monoisotopic (exact) mass is 485 g/mol. The van der Waals surface area contributed by atoms with E-state index in [-0.39, 0.29) is 5.92 Å². The van der Waals surface area contributed by atoms with Gasteiger partial charge in [0.05, 0.1) is 51.8 Å². The first-order valence-electron chi connectivity index (χ1n) is 12.4. The first-order chi connectivity index (χ1) is 18.7. The Balaban J connectivity index is 1.54. The average molecular weight is 486 g/mol. The van der Waals surface area contributed by atoms with Gasteiger partial charge in [0.25, 0.3) is 0 Å². The summed E-state index contributed by atoms with van der Waals surface area (Å²) in [4.78, 5) is 0. The summed E-state index contributed by atoms with van der Waals surface area (Å²) in [5.74, 6) is -0.154. The van der Waals surface area contributed by atoms with Crippen molar-refractivity contribution in [2.24, 2.45) is 5.92 Å². The van der Waals surface area contributed by atoms with Crippen LogP contribution in [0.25, 0.3) is 50.2 Å². The lowest BCUT2D eigenvalue weighted by Gasteiger charge is -2.16. The predicted molar refractivity (Wildman–Crippen MR) is 149 cm³/mol. The van der Waals surface area contributed by atoms with Crippen LogP contribution >= 0.6 is 0 Å². The van der Waals surface area contributed by atoms with Gasteiger partial charge in [-0.05, 0) is 66.6 Å². The zero-order valence-corrected chi connectivity index (χ0v) is 20.3. The third-order valence-electron chi connectivity index (χ3n) is 7.45. The van der Waals surface area contributed by atoms with Crippen molar-refractivity contribution in [3.05, 3.63) is 113 Å². The molecule has 5 heteroatoms. The van der Waals surface area contributed by atoms with Gasteiger partial charge in [0.2, 0.25) is 0 Å². The SMILES string of the molecule is N#Cc1cc(-n2c3c(c4ccccc42)CC(C#N)C=C3)cc(-n2c3ccccc3c3cc(C#N)ccc32)c1. The van der Waals surface area contributed by atoms with E-state index in [1.807, 2.05) is 66.7 Å². The number of nitrogens with zero attached hydrogens (tertiary/aromatic N) is 5. The maximum atomic E-state index is 10.0. The van der Waals surface area contributed by atoms with E-state index in [1.54, 1.807) is 0 Å². The van der Waals surface area contributed by atoms with Gasteiger partial charge in [-0.3, -0.25) is 0 Å². The Kier molecular flexibility index (Phi) is 4.70. The van der Waals surface area contributed by atoms with E-state index < -0.39 is 0 Å². The van der Waals surface area contributed by atoms with E-state index in [9.17, 15) is 15.8 Å². The van der Waals surface area contributed by atoms with E-state index in [1.165, 1.54) is 0 Å². The smallest absolute Gasteiger partial charge is 0.0993 e. The van der Waals surface area contributed by atoms with Gasteiger partial charge < -0.3 is 9.13 Å². The number of nitriles is 3. The van der Waals surface area contributed by atoms with Crippen LogP contribution in [0, 0.1) is 39.9 Å². The molecule has 1 atom stereocenters. The van der Waals surface area contributed by atoms with Gasteiger partial charge in [0.15, 0.2) is 0 Å². The summed E-state index contributed by atoms with van der Waals surface area (Å²) in [5, 5.41) is 32.3. The second-order valence-corrected chi connectivity index (χ2v) is 9.56. The van der Waals surface area contributed by atoms with E-state index >= 15 is 0 Å². The highest BCUT2D eigenvalue weighted by Gasteiger charge is 2.23. The van der Waals surface area contributed by atoms with E-state index in [2.05, 4.69) is 57.7 Å². The van der Waals surface area contributed by atoms with E-state index in [4.69, 9.17) is 0 Å². The zero-order valence-electron chi connectivity index (χ0n) is 20.3. The van der Waals surface area contributed by atoms with Crippen LogP contribution in [0.3, 0.4) is 0 Å². The van der Waals surface area contributed by atoms with Crippen molar-refractivity contribution < 1.29 is 0 Å². The average Bonchev–Trinajstić information content (AvgIpc) is 3.49. The molecule has 2 aromatic heterocycles. The number of allylic oxidation sites excluding steroid dienone is 1. The Morgan fingerprint density at radius 3 is 2.03 bits per heavy atom. The maximum Gasteiger partial charge on any atom is 0.0993 e. The summed E-state index contributed by atoms with van der Waals surface area (Å²) in [5.41, 5.74) is 8.14. The molecule has 4 aromatic carbocycles. The van der Waals surface area contributed by atoms with Gasteiger partial charge in [-0.1, -0.05) is 42.5 Å². The fraction of sp³-hybridized carbons (Fsp3) is 0.0606. The topological polar surface area (TPSA) is 81.2 Å². The third-order valence-corrected chi connectivity index (χ3v) is 7.45. The molecule has 0 aliphatic heterocycles. The first-order valence-corrected chi connectivity index (χ1v) is 12.4. The summed E-state index contributed by atoms with van der Waals surface area (Å²) in [6.45, 7) is 0. The molecule has 0 radical (unpaired) electrons. The van der Waals surface area contributed by atoms with Gasteiger partial charge in [-0.25, -0.2) is 0 Å². The molecule has 0 amide bonds. The van der Waals surface area contributed by atoms with Gasteiger partial charge in [-0.15, -0.1) is 0 Å². The minimum atomic E-state index is -0.154. The largest absolute Gasteiger partial charge is 0.309 e. The van der Waals surface area contributed by atoms with Gasteiger partial charge >= 0.3 is 0 Å². The normalized spacial score (nSPS) is 14.3. The molecule has 5 nitrogen and oxygen atoms in total. The van der Waals surface area contributed by atoms with Crippen LogP contribution < -0.4 is 0 Å². The van der Waals surface area contributed by atoms with Crippen molar-refractivity contribution in [1.82, 2.24) is 9.13 Å². The van der Waals surface area contributed by atoms with Crippen LogP contribution in [0.4, 0.5) is 0 Å². The minimum Gasteiger partial charge on any atom is -0.309 e. The number of hydrogen-bond donors (Lipinski definition) is 0. The molecule has 0 N–H and O–H groups in total. The van der Waals surface area contributed by atoms with Crippen molar-refractivity contribution in [3.8, 4) is 29.6 Å². The lowest BCUT2D eigenvalue weighted by molar-refractivity contribution is 0.809. The van der Waals surface area contributed by atoms with Crippen molar-refractivity contribution >= 4 is 38.8 Å². The number of fused-ring (bicyclic) bond motifs is 6. The molecule has 7 rings (SSSR count). The Morgan fingerprint density at radius 1 is 0.632 bits per heavy atom. The van der Waals surface area contributed by atoms with Gasteiger partial charge in [-0.2, -0.15) is 15.8 Å². The molecule has 1 aliphatic carbocycles. The zero-order chi connectivity index (χ0) is 25.8. The number of rotatable bonds is 2. The fourth-order valence-electron chi connectivity index (χ4n) is 5.82. The number of hydrogen-bond acceptors (Lipinski definition) is 3. The van der Waals surface area contributed by atoms with Crippen LogP contribution in [0.2, 0.25) is 0 Å². The first kappa shape index (κ1) is 21.7. The van der Waals surface area contributed by atoms with Crippen LogP contribution in [-0.4, -0.2) is 9.13 Å². The Hall–Kier alpha value is -5.57. The van der Waals surface area contributed by atoms with Crippen molar-refractivity contribution in [1.29, 1.82) is 15.8 Å². The predicted octanol–water partition coefficient (Wildman–Crippen LogP) is 7.18. The highest BCUT2D eigenvalue weighted by Crippen LogP contribution is 2.37. The van der Waals surface area contributed by atoms with Crippen LogP contribution in [0.5, 0.6) is 0 Å². The highest BCUT2D eigenvalue weighted by molar-refractivity contribution is 6.09. The summed E-state index contributed by atoms with van der Waals surface area (Å²) >= 11 is 0. The molecular weight excluding hydrogens is 466 g/mol. The Bertz CT molecular complexity index is 2100. The molecule has 6 aromatic rings. The maximum absolute atomic E-state index is 10.0. The molecule has 0 saturated heterocycles. The summed E-state index contributed by atoms with van der Waals surface area (Å²) in [7, 11) is 0. The molecule has 1 unspecified atom stereocenters. The second-order valence-electron chi connectivity index (χ2n) is 9.56. The quantitative estimate of drug-likeness (QED) is 0.260. The fourth-order valence-corrected chi connectivity index (χ4v) is 5.82. The third kappa shape index (κ3) is 3.09. The number of aromatic nitrogens is 2. The lowest BCUT2D eigenvalue weighted by Crippen LogP contribution is -2.07. The highest BCUT2D eigenvalue weighted by atomic mass is 15.0. The second kappa shape index (κ2) is 8.24. The summed E-state index contributed by atoms with van der Waals surface area (Å²) in [6.07, 6.45) is 4.66. The summed E-state index contributed by atoms with van der Waals surface area (Å²) in [6, 6.07) is 35.0. The van der Waals surface area contributed by atoms with Crippen LogP contribution in [0.15, 0.2) is 91.0 Å². The number of para-hydroxylation sites is 2. The van der Waals surface area contributed by atoms with Crippen LogP contribution in [-0.2, 0) is 6.42 Å². The van der Waals surface area contributed by atoms with Crippen molar-refractivity contribution in [3.63, 3.8) is 0 Å². The molecule has 0 bridgehead atoms. The Labute approximate surface area is 218 Å². The number of benzene rings is 4. The lowest BCUT2D eigenvalue weighted by atomic mass is 9.93. The van der Waals surface area contributed by atoms with Crippen LogP contribution in [0.1, 0.15) is 22.4 Å². The molecule has 0 spiro atoms. The Morgan fingerprint density at radius 2 is 1.29 bits per heavy atom. The van der Waals surface area contributed by atoms with E-state index in [0.29, 0.717) is 17.5 Å². The van der Waals surface area contributed by atoms with Gasteiger partial charge in [0, 0.05) is 33.2 Å². The molecule has 0 saturated carbocycles. The van der Waals surface area contributed by atoms with Crippen molar-refractivity contribution in [2.75, 3.05) is 0 Å². The molecule has 0 fully saturated rings. The van der Waals surface area contributed by atoms with Gasteiger partial charge in [0.1, 0.15) is 0 Å². The molecule has 176 valence electrons. The molecule has 1 aliphatic rings. The molecular formula is C33H19N5.